The monoisotopic (exact) mass is 384 g/mol. The third kappa shape index (κ3) is 2.48. The highest BCUT2D eigenvalue weighted by Crippen LogP contribution is 2.66. The molecule has 0 spiro atoms. The van der Waals surface area contributed by atoms with E-state index in [0.29, 0.717) is 16.7 Å². The molecule has 2 nitrogen and oxygen atoms in total. The minimum atomic E-state index is -0.302. The molecule has 3 rings (SSSR count). The van der Waals surface area contributed by atoms with Gasteiger partial charge in [-0.15, -0.1) is 6.58 Å². The lowest BCUT2D eigenvalue weighted by Crippen LogP contribution is -2.67. The molecule has 1 aliphatic heterocycles. The van der Waals surface area contributed by atoms with Crippen LogP contribution in [0.4, 0.5) is 0 Å². The Balaban J connectivity index is 2.01. The van der Waals surface area contributed by atoms with Crippen molar-refractivity contribution in [1.29, 1.82) is 0 Å². The first-order chi connectivity index (χ1) is 10.5. The molecule has 0 bridgehead atoms. The van der Waals surface area contributed by atoms with E-state index in [1.165, 1.54) is 19.3 Å². The van der Waals surface area contributed by atoms with E-state index in [1.54, 1.807) is 0 Å². The molecule has 7 unspecified atom stereocenters. The van der Waals surface area contributed by atoms with Gasteiger partial charge in [-0.3, -0.25) is 0 Å². The number of aliphatic hydroxyl groups excluding tert-OH is 1. The first-order valence-electron chi connectivity index (χ1n) is 9.14. The van der Waals surface area contributed by atoms with Gasteiger partial charge >= 0.3 is 0 Å². The van der Waals surface area contributed by atoms with E-state index in [0.717, 1.165) is 12.8 Å². The molecule has 0 amide bonds. The lowest BCUT2D eigenvalue weighted by atomic mass is 9.43. The van der Waals surface area contributed by atoms with Gasteiger partial charge in [-0.05, 0) is 62.2 Å². The van der Waals surface area contributed by atoms with Crippen LogP contribution in [0.3, 0.4) is 0 Å². The summed E-state index contributed by atoms with van der Waals surface area (Å²) in [5.41, 5.74) is -0.257. The summed E-state index contributed by atoms with van der Waals surface area (Å²) < 4.78 is 6.60. The van der Waals surface area contributed by atoms with E-state index in [2.05, 4.69) is 57.1 Å². The summed E-state index contributed by atoms with van der Waals surface area (Å²) in [5.74, 6) is 0.832. The van der Waals surface area contributed by atoms with E-state index in [1.807, 2.05) is 6.08 Å². The van der Waals surface area contributed by atoms with Gasteiger partial charge in [0.1, 0.15) is 0 Å². The van der Waals surface area contributed by atoms with Gasteiger partial charge in [-0.1, -0.05) is 42.8 Å². The number of hydrogen-bond acceptors (Lipinski definition) is 2. The van der Waals surface area contributed by atoms with Gasteiger partial charge in [0.15, 0.2) is 0 Å². The zero-order valence-electron chi connectivity index (χ0n) is 15.4. The third-order valence-electron chi connectivity index (χ3n) is 7.62. The van der Waals surface area contributed by atoms with Crippen molar-refractivity contribution in [2.75, 3.05) is 0 Å². The van der Waals surface area contributed by atoms with Crippen molar-refractivity contribution < 1.29 is 9.84 Å². The molecule has 3 aliphatic rings. The maximum atomic E-state index is 11.1. The van der Waals surface area contributed by atoms with Crippen molar-refractivity contribution >= 4 is 15.9 Å². The number of halogens is 1. The standard InChI is InChI=1S/C20H33BrO2/c1-7-18(4)10-8-14-19(5)11-9-15(21)17(2,3)16(19)13(22)12-20(14,6)23-18/h7,13-16,22H,1,8-12H2,2-6H3. The van der Waals surface area contributed by atoms with Crippen LogP contribution in [0.5, 0.6) is 0 Å². The zero-order valence-corrected chi connectivity index (χ0v) is 16.9. The van der Waals surface area contributed by atoms with Crippen LogP contribution in [-0.2, 0) is 4.74 Å². The summed E-state index contributed by atoms with van der Waals surface area (Å²) in [6.45, 7) is 15.4. The molecule has 23 heavy (non-hydrogen) atoms. The molecular weight excluding hydrogens is 352 g/mol. The van der Waals surface area contributed by atoms with Crippen molar-refractivity contribution in [1.82, 2.24) is 0 Å². The van der Waals surface area contributed by atoms with E-state index in [9.17, 15) is 5.11 Å². The molecule has 1 N–H and O–H groups in total. The fourth-order valence-electron chi connectivity index (χ4n) is 6.62. The van der Waals surface area contributed by atoms with Gasteiger partial charge in [0.25, 0.3) is 0 Å². The highest BCUT2D eigenvalue weighted by molar-refractivity contribution is 9.09. The quantitative estimate of drug-likeness (QED) is 0.503. The highest BCUT2D eigenvalue weighted by Gasteiger charge is 2.65. The molecule has 3 fully saturated rings. The topological polar surface area (TPSA) is 29.5 Å². The summed E-state index contributed by atoms with van der Waals surface area (Å²) in [7, 11) is 0. The highest BCUT2D eigenvalue weighted by atomic mass is 79.9. The second-order valence-corrected chi connectivity index (χ2v) is 10.7. The fraction of sp³-hybridized carbons (Fsp3) is 0.900. The predicted octanol–water partition coefficient (Wildman–Crippen LogP) is 5.09. The predicted molar refractivity (Wildman–Crippen MR) is 98.8 cm³/mol. The van der Waals surface area contributed by atoms with E-state index in [-0.39, 0.29) is 28.1 Å². The summed E-state index contributed by atoms with van der Waals surface area (Å²) in [6, 6.07) is 0. The van der Waals surface area contributed by atoms with Crippen molar-refractivity contribution in [2.45, 2.75) is 88.9 Å². The molecule has 0 aromatic carbocycles. The molecule has 0 aromatic rings. The van der Waals surface area contributed by atoms with Crippen LogP contribution in [0.2, 0.25) is 0 Å². The molecule has 3 heteroatoms. The second kappa shape index (κ2) is 5.32. The molecule has 0 radical (unpaired) electrons. The summed E-state index contributed by atoms with van der Waals surface area (Å²) in [4.78, 5) is 0.482. The lowest BCUT2D eigenvalue weighted by molar-refractivity contribution is -0.276. The molecule has 132 valence electrons. The zero-order chi connectivity index (χ0) is 17.3. The van der Waals surface area contributed by atoms with Crippen molar-refractivity contribution in [3.05, 3.63) is 12.7 Å². The average molecular weight is 385 g/mol. The first kappa shape index (κ1) is 17.9. The van der Waals surface area contributed by atoms with Crippen LogP contribution in [-0.4, -0.2) is 27.2 Å². The van der Waals surface area contributed by atoms with E-state index in [4.69, 9.17) is 4.74 Å². The smallest absolute Gasteiger partial charge is 0.0839 e. The number of fused-ring (bicyclic) bond motifs is 3. The van der Waals surface area contributed by atoms with E-state index >= 15 is 0 Å². The van der Waals surface area contributed by atoms with Gasteiger partial charge in [0.05, 0.1) is 17.3 Å². The first-order valence-corrected chi connectivity index (χ1v) is 10.1. The molecule has 1 heterocycles. The number of alkyl halides is 1. The Kier molecular flexibility index (Phi) is 4.15. The van der Waals surface area contributed by atoms with Crippen LogP contribution >= 0.6 is 15.9 Å². The van der Waals surface area contributed by atoms with Crippen molar-refractivity contribution in [3.8, 4) is 0 Å². The van der Waals surface area contributed by atoms with Crippen LogP contribution in [0, 0.1) is 22.7 Å². The molecule has 7 atom stereocenters. The molecule has 1 saturated heterocycles. The summed E-state index contributed by atoms with van der Waals surface area (Å²) in [5, 5.41) is 11.1. The number of ether oxygens (including phenoxy) is 1. The summed E-state index contributed by atoms with van der Waals surface area (Å²) in [6.07, 6.45) is 6.94. The molecular formula is C20H33BrO2. The normalized spacial score (nSPS) is 55.6. The number of aliphatic hydroxyl groups is 1. The van der Waals surface area contributed by atoms with Crippen molar-refractivity contribution in [2.24, 2.45) is 22.7 Å². The maximum Gasteiger partial charge on any atom is 0.0839 e. The summed E-state index contributed by atoms with van der Waals surface area (Å²) >= 11 is 3.90. The number of hydrogen-bond donors (Lipinski definition) is 1. The Bertz CT molecular complexity index is 504. The lowest BCUT2D eigenvalue weighted by Gasteiger charge is -2.67. The van der Waals surface area contributed by atoms with Gasteiger partial charge in [-0.25, -0.2) is 0 Å². The molecule has 0 aromatic heterocycles. The van der Waals surface area contributed by atoms with Gasteiger partial charge in [0.2, 0.25) is 0 Å². The Morgan fingerprint density at radius 3 is 2.39 bits per heavy atom. The molecule has 2 saturated carbocycles. The third-order valence-corrected chi connectivity index (χ3v) is 9.25. The fourth-order valence-corrected chi connectivity index (χ4v) is 7.13. The Morgan fingerprint density at radius 2 is 1.78 bits per heavy atom. The van der Waals surface area contributed by atoms with Crippen molar-refractivity contribution in [3.63, 3.8) is 0 Å². The average Bonchev–Trinajstić information content (AvgIpc) is 2.41. The molecule has 2 aliphatic carbocycles. The second-order valence-electron chi connectivity index (χ2n) is 9.61. The van der Waals surface area contributed by atoms with E-state index < -0.39 is 0 Å². The van der Waals surface area contributed by atoms with Gasteiger partial charge in [0, 0.05) is 11.2 Å². The Morgan fingerprint density at radius 1 is 1.13 bits per heavy atom. The minimum absolute atomic E-state index is 0.104. The largest absolute Gasteiger partial charge is 0.393 e. The van der Waals surface area contributed by atoms with Crippen LogP contribution < -0.4 is 0 Å². The van der Waals surface area contributed by atoms with Gasteiger partial charge in [-0.2, -0.15) is 0 Å². The Hall–Kier alpha value is 0.140. The van der Waals surface area contributed by atoms with Crippen LogP contribution in [0.25, 0.3) is 0 Å². The minimum Gasteiger partial charge on any atom is -0.393 e. The SMILES string of the molecule is C=CC1(C)CCC2C(C)(CC(O)C3C(C)(C)C(Br)CCC23C)O1. The van der Waals surface area contributed by atoms with Crippen LogP contribution in [0.1, 0.15) is 66.7 Å². The van der Waals surface area contributed by atoms with Crippen LogP contribution in [0.15, 0.2) is 12.7 Å². The number of rotatable bonds is 1. The maximum absolute atomic E-state index is 11.1. The Labute approximate surface area is 150 Å². The van der Waals surface area contributed by atoms with Gasteiger partial charge < -0.3 is 9.84 Å².